The van der Waals surface area contributed by atoms with Crippen LogP contribution >= 0.6 is 0 Å². The Balaban J connectivity index is 1.82. The molecule has 5 nitrogen and oxygen atoms in total. The van der Waals surface area contributed by atoms with Crippen LogP contribution in [0.3, 0.4) is 0 Å². The molecule has 0 unspecified atom stereocenters. The van der Waals surface area contributed by atoms with Gasteiger partial charge in [-0.2, -0.15) is 0 Å². The van der Waals surface area contributed by atoms with E-state index < -0.39 is 5.41 Å². The fourth-order valence-electron chi connectivity index (χ4n) is 2.02. The minimum Gasteiger partial charge on any atom is -0.497 e. The fourth-order valence-corrected chi connectivity index (χ4v) is 2.02. The minimum absolute atomic E-state index is 0.0461. The molecular weight excluding hydrogens is 302 g/mol. The van der Waals surface area contributed by atoms with E-state index in [0.717, 1.165) is 24.4 Å². The second kappa shape index (κ2) is 7.81. The van der Waals surface area contributed by atoms with E-state index in [1.54, 1.807) is 19.4 Å². The summed E-state index contributed by atoms with van der Waals surface area (Å²) in [6.45, 7) is 6.42. The Kier molecular flexibility index (Phi) is 5.79. The molecule has 0 bridgehead atoms. The monoisotopic (exact) mass is 327 g/mol. The zero-order chi connectivity index (χ0) is 17.6. The van der Waals surface area contributed by atoms with E-state index in [4.69, 9.17) is 4.74 Å². The van der Waals surface area contributed by atoms with Crippen molar-refractivity contribution in [3.05, 3.63) is 48.2 Å². The molecule has 0 saturated heterocycles. The van der Waals surface area contributed by atoms with Gasteiger partial charge < -0.3 is 15.4 Å². The number of rotatable bonds is 6. The average molecular weight is 327 g/mol. The van der Waals surface area contributed by atoms with Crippen LogP contribution in [0.2, 0.25) is 0 Å². The van der Waals surface area contributed by atoms with Crippen LogP contribution in [0.4, 0.5) is 11.5 Å². The predicted molar refractivity (Wildman–Crippen MR) is 97.5 cm³/mol. The number of carbonyl (C=O) groups excluding carboxylic acids is 1. The Bertz CT molecular complexity index is 659. The summed E-state index contributed by atoms with van der Waals surface area (Å²) in [5, 5.41) is 6.14. The van der Waals surface area contributed by atoms with Crippen molar-refractivity contribution >= 4 is 17.4 Å². The van der Waals surface area contributed by atoms with Gasteiger partial charge in [0.25, 0.3) is 0 Å². The van der Waals surface area contributed by atoms with Crippen LogP contribution in [0, 0.1) is 5.41 Å². The first-order chi connectivity index (χ1) is 11.4. The van der Waals surface area contributed by atoms with Crippen molar-refractivity contribution in [2.24, 2.45) is 5.41 Å². The van der Waals surface area contributed by atoms with Crippen molar-refractivity contribution in [3.8, 4) is 5.75 Å². The predicted octanol–water partition coefficient (Wildman–Crippen LogP) is 3.73. The molecular formula is C19H25N3O2. The maximum atomic E-state index is 11.9. The number of benzene rings is 1. The summed E-state index contributed by atoms with van der Waals surface area (Å²) in [6, 6.07) is 11.8. The van der Waals surface area contributed by atoms with Crippen LogP contribution in [0.25, 0.3) is 0 Å². The number of nitrogens with zero attached hydrogens (tertiary/aromatic N) is 1. The van der Waals surface area contributed by atoms with Gasteiger partial charge in [0.05, 0.1) is 19.0 Å². The summed E-state index contributed by atoms with van der Waals surface area (Å²) in [6.07, 6.45) is 2.64. The molecule has 0 aliphatic rings. The number of anilines is 2. The topological polar surface area (TPSA) is 63.2 Å². The molecule has 0 radical (unpaired) electrons. The lowest BCUT2D eigenvalue weighted by molar-refractivity contribution is -0.123. The first-order valence-corrected chi connectivity index (χ1v) is 8.03. The number of hydrogen-bond donors (Lipinski definition) is 2. The third-order valence-corrected chi connectivity index (χ3v) is 3.59. The van der Waals surface area contributed by atoms with E-state index in [0.29, 0.717) is 5.82 Å². The zero-order valence-corrected chi connectivity index (χ0v) is 14.7. The van der Waals surface area contributed by atoms with Gasteiger partial charge in [0.1, 0.15) is 11.6 Å². The molecule has 0 fully saturated rings. The van der Waals surface area contributed by atoms with Gasteiger partial charge in [0, 0.05) is 12.0 Å². The smallest absolute Gasteiger partial charge is 0.230 e. The summed E-state index contributed by atoms with van der Waals surface area (Å²) in [5.74, 6) is 1.38. The number of nitrogens with one attached hydrogen (secondary N) is 2. The molecule has 2 rings (SSSR count). The Hall–Kier alpha value is -2.56. The highest BCUT2D eigenvalue weighted by molar-refractivity contribution is 5.93. The summed E-state index contributed by atoms with van der Waals surface area (Å²) in [7, 11) is 1.66. The van der Waals surface area contributed by atoms with Crippen LogP contribution in [0.5, 0.6) is 5.75 Å². The van der Waals surface area contributed by atoms with Crippen LogP contribution in [0.15, 0.2) is 42.6 Å². The first-order valence-electron chi connectivity index (χ1n) is 8.03. The average Bonchev–Trinajstić information content (AvgIpc) is 2.56. The van der Waals surface area contributed by atoms with Crippen LogP contribution < -0.4 is 15.4 Å². The van der Waals surface area contributed by atoms with E-state index in [1.165, 1.54) is 5.56 Å². The number of aromatic nitrogens is 1. The number of amides is 1. The van der Waals surface area contributed by atoms with Gasteiger partial charge in [0.2, 0.25) is 5.91 Å². The van der Waals surface area contributed by atoms with E-state index >= 15 is 0 Å². The molecule has 5 heteroatoms. The van der Waals surface area contributed by atoms with E-state index in [1.807, 2.05) is 39.0 Å². The second-order valence-electron chi connectivity index (χ2n) is 6.66. The standard InChI is InChI=1S/C19H25N3O2/c1-19(2,3)18(23)22-17-10-7-15(13-21-17)20-12-11-14-5-8-16(24-4)9-6-14/h5-10,13,20H,11-12H2,1-4H3,(H,21,22,23). The van der Waals surface area contributed by atoms with Crippen LogP contribution in [0.1, 0.15) is 26.3 Å². The van der Waals surface area contributed by atoms with E-state index in [2.05, 4.69) is 27.8 Å². The molecule has 0 aliphatic carbocycles. The highest BCUT2D eigenvalue weighted by atomic mass is 16.5. The maximum absolute atomic E-state index is 11.9. The SMILES string of the molecule is COc1ccc(CCNc2ccc(NC(=O)C(C)(C)C)nc2)cc1. The van der Waals surface area contributed by atoms with Gasteiger partial charge >= 0.3 is 0 Å². The third-order valence-electron chi connectivity index (χ3n) is 3.59. The molecule has 24 heavy (non-hydrogen) atoms. The van der Waals surface area contributed by atoms with Crippen molar-refractivity contribution in [3.63, 3.8) is 0 Å². The van der Waals surface area contributed by atoms with Gasteiger partial charge in [-0.15, -0.1) is 0 Å². The number of carbonyl (C=O) groups is 1. The molecule has 1 amide bonds. The number of hydrogen-bond acceptors (Lipinski definition) is 4. The number of ether oxygens (including phenoxy) is 1. The van der Waals surface area contributed by atoms with E-state index in [-0.39, 0.29) is 5.91 Å². The molecule has 2 N–H and O–H groups in total. The van der Waals surface area contributed by atoms with Crippen LogP contribution in [-0.2, 0) is 11.2 Å². The normalized spacial score (nSPS) is 11.0. The van der Waals surface area contributed by atoms with Crippen molar-refractivity contribution in [1.29, 1.82) is 0 Å². The van der Waals surface area contributed by atoms with Crippen molar-refractivity contribution < 1.29 is 9.53 Å². The molecule has 128 valence electrons. The van der Waals surface area contributed by atoms with E-state index in [9.17, 15) is 4.79 Å². The van der Waals surface area contributed by atoms with Crippen molar-refractivity contribution in [2.75, 3.05) is 24.3 Å². The lowest BCUT2D eigenvalue weighted by Gasteiger charge is -2.17. The highest BCUT2D eigenvalue weighted by Gasteiger charge is 2.21. The summed E-state index contributed by atoms with van der Waals surface area (Å²) < 4.78 is 5.15. The minimum atomic E-state index is -0.434. The van der Waals surface area contributed by atoms with Crippen LogP contribution in [-0.4, -0.2) is 24.5 Å². The molecule has 1 aromatic carbocycles. The molecule has 0 aliphatic heterocycles. The fraction of sp³-hybridized carbons (Fsp3) is 0.368. The van der Waals surface area contributed by atoms with Crippen molar-refractivity contribution in [2.45, 2.75) is 27.2 Å². The Labute approximate surface area is 143 Å². The number of methoxy groups -OCH3 is 1. The Morgan fingerprint density at radius 3 is 2.38 bits per heavy atom. The van der Waals surface area contributed by atoms with Crippen molar-refractivity contribution in [1.82, 2.24) is 4.98 Å². The summed E-state index contributed by atoms with van der Waals surface area (Å²) in [5.41, 5.74) is 1.74. The Morgan fingerprint density at radius 2 is 1.83 bits per heavy atom. The Morgan fingerprint density at radius 1 is 1.12 bits per heavy atom. The lowest BCUT2D eigenvalue weighted by Crippen LogP contribution is -2.27. The molecule has 1 heterocycles. The summed E-state index contributed by atoms with van der Waals surface area (Å²) >= 11 is 0. The van der Waals surface area contributed by atoms with Gasteiger partial charge in [-0.25, -0.2) is 4.98 Å². The molecule has 0 spiro atoms. The second-order valence-corrected chi connectivity index (χ2v) is 6.66. The quantitative estimate of drug-likeness (QED) is 0.848. The van der Waals surface area contributed by atoms with Gasteiger partial charge in [-0.3, -0.25) is 4.79 Å². The largest absolute Gasteiger partial charge is 0.497 e. The molecule has 1 aromatic heterocycles. The van der Waals surface area contributed by atoms with Gasteiger partial charge in [-0.05, 0) is 36.2 Å². The maximum Gasteiger partial charge on any atom is 0.230 e. The lowest BCUT2D eigenvalue weighted by atomic mass is 9.96. The molecule has 0 atom stereocenters. The first kappa shape index (κ1) is 17.8. The van der Waals surface area contributed by atoms with Gasteiger partial charge in [0.15, 0.2) is 0 Å². The zero-order valence-electron chi connectivity index (χ0n) is 14.7. The third kappa shape index (κ3) is 5.26. The highest BCUT2D eigenvalue weighted by Crippen LogP contribution is 2.17. The number of pyridine rings is 1. The summed E-state index contributed by atoms with van der Waals surface area (Å²) in [4.78, 5) is 16.2. The molecule has 0 saturated carbocycles. The van der Waals surface area contributed by atoms with Gasteiger partial charge in [-0.1, -0.05) is 32.9 Å². The molecule has 2 aromatic rings.